The average molecular weight is 366 g/mol. The topological polar surface area (TPSA) is 61.4 Å². The van der Waals surface area contributed by atoms with Gasteiger partial charge >= 0.3 is 0 Å². The Morgan fingerprint density at radius 3 is 2.39 bits per heavy atom. The van der Waals surface area contributed by atoms with Crippen molar-refractivity contribution in [3.8, 4) is 0 Å². The molecule has 1 aliphatic carbocycles. The van der Waals surface area contributed by atoms with Crippen molar-refractivity contribution in [3.05, 3.63) is 0 Å². The number of hydrogen-bond donors (Lipinski definition) is 2. The first-order valence-electron chi connectivity index (χ1n) is 8.83. The van der Waals surface area contributed by atoms with Crippen LogP contribution >= 0.6 is 12.4 Å². The van der Waals surface area contributed by atoms with E-state index in [9.17, 15) is 8.42 Å². The molecular weight excluding hydrogens is 334 g/mol. The number of nitrogens with one attached hydrogen (secondary N) is 2. The van der Waals surface area contributed by atoms with E-state index in [1.165, 1.54) is 52.0 Å². The summed E-state index contributed by atoms with van der Waals surface area (Å²) in [6.45, 7) is 9.56. The highest BCUT2D eigenvalue weighted by Crippen LogP contribution is 2.44. The molecule has 2 aliphatic heterocycles. The number of nitrogens with zero attached hydrogens (tertiary/aromatic N) is 1. The van der Waals surface area contributed by atoms with Crippen molar-refractivity contribution < 1.29 is 8.42 Å². The van der Waals surface area contributed by atoms with E-state index in [4.69, 9.17) is 0 Å². The van der Waals surface area contributed by atoms with E-state index in [0.717, 1.165) is 18.8 Å². The van der Waals surface area contributed by atoms with Crippen LogP contribution in [-0.4, -0.2) is 57.3 Å². The summed E-state index contributed by atoms with van der Waals surface area (Å²) in [5.74, 6) is 0.839. The van der Waals surface area contributed by atoms with Crippen LogP contribution in [0.4, 0.5) is 0 Å². The summed E-state index contributed by atoms with van der Waals surface area (Å²) >= 11 is 0. The van der Waals surface area contributed by atoms with Crippen LogP contribution in [0.1, 0.15) is 46.0 Å². The summed E-state index contributed by atoms with van der Waals surface area (Å²) in [5, 5.41) is 3.11. The standard InChI is InChI=1S/C16H31N3O2S.ClH/c1-13(2)22(20,21)18-15-3-6-16(7-4-15)11-19(12-16)10-14-5-8-17-9-14;/h13-15,17-18H,3-12H2,1-2H3;1H/t14-;/m1./s1. The van der Waals surface area contributed by atoms with Crippen LogP contribution in [0.3, 0.4) is 0 Å². The zero-order chi connectivity index (χ0) is 15.8. The smallest absolute Gasteiger partial charge is 0.214 e. The molecule has 3 aliphatic rings. The molecule has 2 heterocycles. The molecule has 136 valence electrons. The first-order valence-corrected chi connectivity index (χ1v) is 10.4. The van der Waals surface area contributed by atoms with Crippen LogP contribution in [0.5, 0.6) is 0 Å². The molecule has 1 saturated carbocycles. The highest BCUT2D eigenvalue weighted by molar-refractivity contribution is 7.90. The monoisotopic (exact) mass is 365 g/mol. The second kappa shape index (κ2) is 7.56. The lowest BCUT2D eigenvalue weighted by atomic mass is 9.67. The molecule has 0 aromatic heterocycles. The largest absolute Gasteiger partial charge is 0.316 e. The summed E-state index contributed by atoms with van der Waals surface area (Å²) in [5.41, 5.74) is 0.492. The van der Waals surface area contributed by atoms with Gasteiger partial charge in [-0.15, -0.1) is 12.4 Å². The quantitative estimate of drug-likeness (QED) is 0.776. The summed E-state index contributed by atoms with van der Waals surface area (Å²) in [4.78, 5) is 2.61. The van der Waals surface area contributed by atoms with Gasteiger partial charge in [-0.1, -0.05) is 0 Å². The fraction of sp³-hybridized carbons (Fsp3) is 1.00. The first kappa shape index (κ1) is 19.4. The predicted octanol–water partition coefficient (Wildman–Crippen LogP) is 1.59. The zero-order valence-electron chi connectivity index (χ0n) is 14.4. The maximum absolute atomic E-state index is 12.0. The molecule has 2 N–H and O–H groups in total. The second-order valence-corrected chi connectivity index (χ2v) is 10.3. The zero-order valence-corrected chi connectivity index (χ0v) is 16.0. The normalized spacial score (nSPS) is 28.7. The van der Waals surface area contributed by atoms with Gasteiger partial charge in [0.25, 0.3) is 0 Å². The van der Waals surface area contributed by atoms with Crippen LogP contribution in [0.15, 0.2) is 0 Å². The molecule has 0 bridgehead atoms. The minimum Gasteiger partial charge on any atom is -0.316 e. The number of hydrogen-bond acceptors (Lipinski definition) is 4. The molecule has 1 spiro atoms. The van der Waals surface area contributed by atoms with Crippen LogP contribution in [0.25, 0.3) is 0 Å². The van der Waals surface area contributed by atoms with E-state index in [0.29, 0.717) is 5.41 Å². The van der Waals surface area contributed by atoms with Gasteiger partial charge in [-0.3, -0.25) is 0 Å². The molecule has 0 radical (unpaired) electrons. The molecule has 2 saturated heterocycles. The molecule has 3 rings (SSSR count). The molecule has 0 amide bonds. The highest BCUT2D eigenvalue weighted by atomic mass is 35.5. The Bertz CT molecular complexity index is 476. The van der Waals surface area contributed by atoms with Gasteiger partial charge in [-0.2, -0.15) is 0 Å². The van der Waals surface area contributed by atoms with Gasteiger partial charge in [0.15, 0.2) is 0 Å². The predicted molar refractivity (Wildman–Crippen MR) is 96.5 cm³/mol. The van der Waals surface area contributed by atoms with Crippen molar-refractivity contribution in [3.63, 3.8) is 0 Å². The summed E-state index contributed by atoms with van der Waals surface area (Å²) in [6.07, 6.45) is 5.69. The van der Waals surface area contributed by atoms with Gasteiger partial charge in [0.2, 0.25) is 10.0 Å². The van der Waals surface area contributed by atoms with Crippen LogP contribution in [0, 0.1) is 11.3 Å². The number of sulfonamides is 1. The molecular formula is C16H32ClN3O2S. The molecule has 5 nitrogen and oxygen atoms in total. The van der Waals surface area contributed by atoms with Gasteiger partial charge in [0.1, 0.15) is 0 Å². The van der Waals surface area contributed by atoms with Crippen molar-refractivity contribution in [2.45, 2.75) is 57.2 Å². The number of likely N-dealkylation sites (tertiary alicyclic amines) is 1. The van der Waals surface area contributed by atoms with Gasteiger partial charge < -0.3 is 10.2 Å². The van der Waals surface area contributed by atoms with E-state index in [1.54, 1.807) is 13.8 Å². The maximum Gasteiger partial charge on any atom is 0.214 e. The van der Waals surface area contributed by atoms with Gasteiger partial charge in [0, 0.05) is 25.7 Å². The molecule has 7 heteroatoms. The van der Waals surface area contributed by atoms with Crippen molar-refractivity contribution in [2.24, 2.45) is 11.3 Å². The number of rotatable bonds is 5. The maximum atomic E-state index is 12.0. The Morgan fingerprint density at radius 2 is 1.87 bits per heavy atom. The summed E-state index contributed by atoms with van der Waals surface area (Å²) in [6, 6.07) is 0.158. The third-order valence-electron chi connectivity index (χ3n) is 5.79. The van der Waals surface area contributed by atoms with E-state index in [1.807, 2.05) is 0 Å². The van der Waals surface area contributed by atoms with Gasteiger partial charge in [-0.05, 0) is 70.4 Å². The van der Waals surface area contributed by atoms with E-state index < -0.39 is 10.0 Å². The van der Waals surface area contributed by atoms with Crippen molar-refractivity contribution in [1.82, 2.24) is 14.9 Å². The average Bonchev–Trinajstić information content (AvgIpc) is 2.92. The van der Waals surface area contributed by atoms with Gasteiger partial charge in [0.05, 0.1) is 5.25 Å². The third kappa shape index (κ3) is 4.60. The molecule has 23 heavy (non-hydrogen) atoms. The minimum absolute atomic E-state index is 0. The lowest BCUT2D eigenvalue weighted by Gasteiger charge is -2.54. The first-order chi connectivity index (χ1) is 10.4. The van der Waals surface area contributed by atoms with Gasteiger partial charge in [-0.25, -0.2) is 13.1 Å². The van der Waals surface area contributed by atoms with E-state index in [-0.39, 0.29) is 23.7 Å². The molecule has 0 unspecified atom stereocenters. The number of halogens is 1. The lowest BCUT2D eigenvalue weighted by Crippen LogP contribution is -2.59. The molecule has 3 fully saturated rings. The summed E-state index contributed by atoms with van der Waals surface area (Å²) in [7, 11) is -3.12. The van der Waals surface area contributed by atoms with E-state index >= 15 is 0 Å². The van der Waals surface area contributed by atoms with E-state index in [2.05, 4.69) is 14.9 Å². The second-order valence-electron chi connectivity index (χ2n) is 8.01. The molecule has 0 aromatic rings. The minimum atomic E-state index is -3.12. The SMILES string of the molecule is CC(C)S(=O)(=O)NC1CCC2(CC1)CN(C[C@@H]1CCNC1)C2.Cl. The third-order valence-corrected chi connectivity index (χ3v) is 7.70. The molecule has 0 aromatic carbocycles. The van der Waals surface area contributed by atoms with Crippen LogP contribution in [0.2, 0.25) is 0 Å². The molecule has 1 atom stereocenters. The Morgan fingerprint density at radius 1 is 1.22 bits per heavy atom. The summed E-state index contributed by atoms with van der Waals surface area (Å²) < 4.78 is 26.8. The Balaban J connectivity index is 0.00000192. The van der Waals surface area contributed by atoms with Crippen molar-refractivity contribution in [2.75, 3.05) is 32.7 Å². The van der Waals surface area contributed by atoms with Crippen molar-refractivity contribution in [1.29, 1.82) is 0 Å². The Labute approximate surface area is 147 Å². The van der Waals surface area contributed by atoms with Crippen molar-refractivity contribution >= 4 is 22.4 Å². The Hall–Kier alpha value is 0.120. The fourth-order valence-electron chi connectivity index (χ4n) is 4.30. The van der Waals surface area contributed by atoms with Crippen LogP contribution in [-0.2, 0) is 10.0 Å². The highest BCUT2D eigenvalue weighted by Gasteiger charge is 2.45. The Kier molecular flexibility index (Phi) is 6.39. The lowest BCUT2D eigenvalue weighted by molar-refractivity contribution is -0.0387. The van der Waals surface area contributed by atoms with Crippen LogP contribution < -0.4 is 10.0 Å². The fourth-order valence-corrected chi connectivity index (χ4v) is 5.27.